The van der Waals surface area contributed by atoms with Crippen LogP contribution >= 0.6 is 12.2 Å². The summed E-state index contributed by atoms with van der Waals surface area (Å²) in [4.78, 5) is 4.07. The number of aryl methyl sites for hydroxylation is 1. The molecule has 2 aliphatic rings. The van der Waals surface area contributed by atoms with E-state index in [0.717, 1.165) is 17.3 Å². The Balaban J connectivity index is 2.01. The number of hydrogen-bond acceptors (Lipinski definition) is 3. The van der Waals surface area contributed by atoms with E-state index in [1.807, 2.05) is 47.9 Å². The normalized spacial score (nSPS) is 28.0. The van der Waals surface area contributed by atoms with Gasteiger partial charge in [0.05, 0.1) is 23.6 Å². The maximum Gasteiger partial charge on any atom is 0.176 e. The Bertz CT molecular complexity index is 640. The third-order valence-corrected chi connectivity index (χ3v) is 6.26. The molecule has 0 bridgehead atoms. The van der Waals surface area contributed by atoms with Crippen molar-refractivity contribution in [2.24, 2.45) is 0 Å². The van der Waals surface area contributed by atoms with Crippen molar-refractivity contribution in [3.8, 4) is 0 Å². The second-order valence-corrected chi connectivity index (χ2v) is 8.00. The van der Waals surface area contributed by atoms with E-state index in [4.69, 9.17) is 12.2 Å². The van der Waals surface area contributed by atoms with Gasteiger partial charge in [-0.05, 0) is 38.2 Å². The molecule has 0 spiro atoms. The van der Waals surface area contributed by atoms with E-state index >= 15 is 0 Å². The highest BCUT2D eigenvalue weighted by atomic mass is 32.2. The highest BCUT2D eigenvalue weighted by Gasteiger charge is 2.51. The number of rotatable bonds is 2. The Morgan fingerprint density at radius 3 is 2.40 bits per heavy atom. The van der Waals surface area contributed by atoms with Crippen LogP contribution in [0.2, 0.25) is 0 Å². The van der Waals surface area contributed by atoms with Gasteiger partial charge in [-0.25, -0.2) is 8.42 Å². The molecule has 0 amide bonds. The summed E-state index contributed by atoms with van der Waals surface area (Å²) < 4.78 is 23.9. The Morgan fingerprint density at radius 2 is 1.80 bits per heavy atom. The minimum Gasteiger partial charge on any atom is -0.343 e. The van der Waals surface area contributed by atoms with Crippen molar-refractivity contribution >= 4 is 32.9 Å². The van der Waals surface area contributed by atoms with E-state index in [9.17, 15) is 8.42 Å². The molecule has 108 valence electrons. The van der Waals surface area contributed by atoms with Gasteiger partial charge in [-0.2, -0.15) is 0 Å². The monoisotopic (exact) mass is 310 g/mol. The van der Waals surface area contributed by atoms with Crippen LogP contribution in [0.3, 0.4) is 0 Å². The molecule has 0 unspecified atom stereocenters. The van der Waals surface area contributed by atoms with Crippen LogP contribution in [0.4, 0.5) is 5.69 Å². The Morgan fingerprint density at radius 1 is 1.20 bits per heavy atom. The van der Waals surface area contributed by atoms with Crippen molar-refractivity contribution in [2.75, 3.05) is 23.0 Å². The van der Waals surface area contributed by atoms with Crippen molar-refractivity contribution in [3.05, 3.63) is 29.8 Å². The summed E-state index contributed by atoms with van der Waals surface area (Å²) in [5.41, 5.74) is 2.17. The van der Waals surface area contributed by atoms with Crippen LogP contribution in [0.5, 0.6) is 0 Å². The molecule has 4 nitrogen and oxygen atoms in total. The third kappa shape index (κ3) is 2.11. The maximum atomic E-state index is 11.9. The molecule has 0 aliphatic carbocycles. The number of nitrogens with zero attached hydrogens (tertiary/aromatic N) is 2. The lowest BCUT2D eigenvalue weighted by Crippen LogP contribution is -2.37. The van der Waals surface area contributed by atoms with E-state index in [1.54, 1.807) is 0 Å². The van der Waals surface area contributed by atoms with E-state index in [2.05, 4.69) is 0 Å². The minimum absolute atomic E-state index is 0.00111. The van der Waals surface area contributed by atoms with E-state index in [-0.39, 0.29) is 23.6 Å². The molecule has 1 aromatic carbocycles. The topological polar surface area (TPSA) is 40.6 Å². The van der Waals surface area contributed by atoms with E-state index in [1.165, 1.54) is 5.56 Å². The number of likely N-dealkylation sites (N-methyl/N-ethyl adjacent to an activating group) is 1. The van der Waals surface area contributed by atoms with Gasteiger partial charge in [-0.15, -0.1) is 0 Å². The van der Waals surface area contributed by atoms with Gasteiger partial charge in [0.1, 0.15) is 0 Å². The van der Waals surface area contributed by atoms with Gasteiger partial charge in [0.15, 0.2) is 14.9 Å². The summed E-state index contributed by atoms with van der Waals surface area (Å²) in [7, 11) is -2.96. The molecule has 0 N–H and O–H groups in total. The molecule has 2 saturated heterocycles. The van der Waals surface area contributed by atoms with Crippen molar-refractivity contribution in [3.63, 3.8) is 0 Å². The summed E-state index contributed by atoms with van der Waals surface area (Å²) in [6, 6.07) is 8.05. The summed E-state index contributed by atoms with van der Waals surface area (Å²) in [6.07, 6.45) is 0. The maximum absolute atomic E-state index is 11.9. The molecule has 1 aromatic rings. The number of benzene rings is 1. The van der Waals surface area contributed by atoms with Crippen molar-refractivity contribution in [1.82, 2.24) is 4.90 Å². The molecule has 2 aliphatic heterocycles. The van der Waals surface area contributed by atoms with Crippen LogP contribution in [0, 0.1) is 6.92 Å². The van der Waals surface area contributed by atoms with Crippen LogP contribution in [0.25, 0.3) is 0 Å². The average molecular weight is 310 g/mol. The Kier molecular flexibility index (Phi) is 3.25. The minimum atomic E-state index is -2.96. The van der Waals surface area contributed by atoms with Gasteiger partial charge in [0, 0.05) is 12.2 Å². The summed E-state index contributed by atoms with van der Waals surface area (Å²) in [6.45, 7) is 4.80. The molecule has 0 aromatic heterocycles. The standard InChI is InChI=1S/C14H18N2O2S2/c1-3-15-12-8-20(17,18)9-13(12)16(14(15)19)11-6-4-10(2)5-7-11/h4-7,12-13H,3,8-9H2,1-2H3/t12-,13+/m0/s1. The average Bonchev–Trinajstić information content (AvgIpc) is 2.80. The van der Waals surface area contributed by atoms with Crippen LogP contribution in [-0.2, 0) is 9.84 Å². The molecule has 20 heavy (non-hydrogen) atoms. The molecular weight excluding hydrogens is 292 g/mol. The van der Waals surface area contributed by atoms with Gasteiger partial charge in [-0.1, -0.05) is 17.7 Å². The van der Waals surface area contributed by atoms with Gasteiger partial charge >= 0.3 is 0 Å². The number of anilines is 1. The Hall–Kier alpha value is -1.14. The molecule has 2 heterocycles. The highest BCUT2D eigenvalue weighted by molar-refractivity contribution is 7.91. The first kappa shape index (κ1) is 13.8. The fourth-order valence-electron chi connectivity index (χ4n) is 3.15. The first-order valence-electron chi connectivity index (χ1n) is 6.80. The fourth-order valence-corrected chi connectivity index (χ4v) is 5.61. The largest absolute Gasteiger partial charge is 0.343 e. The predicted molar refractivity (Wildman–Crippen MR) is 84.9 cm³/mol. The molecule has 2 fully saturated rings. The van der Waals surface area contributed by atoms with Gasteiger partial charge < -0.3 is 9.80 Å². The third-order valence-electron chi connectivity index (χ3n) is 4.13. The first-order valence-corrected chi connectivity index (χ1v) is 9.03. The summed E-state index contributed by atoms with van der Waals surface area (Å²) in [5.74, 6) is 0.413. The van der Waals surface area contributed by atoms with Crippen LogP contribution in [0.15, 0.2) is 24.3 Å². The van der Waals surface area contributed by atoms with Gasteiger partial charge in [0.2, 0.25) is 0 Å². The molecular formula is C14H18N2O2S2. The zero-order valence-electron chi connectivity index (χ0n) is 11.6. The lowest BCUT2D eigenvalue weighted by atomic mass is 10.1. The van der Waals surface area contributed by atoms with Gasteiger partial charge in [0.25, 0.3) is 0 Å². The number of fused-ring (bicyclic) bond motifs is 1. The number of thiocarbonyl (C=S) groups is 1. The molecule has 0 saturated carbocycles. The van der Waals surface area contributed by atoms with Crippen LogP contribution in [0.1, 0.15) is 12.5 Å². The van der Waals surface area contributed by atoms with Crippen LogP contribution in [-0.4, -0.2) is 48.6 Å². The van der Waals surface area contributed by atoms with Crippen molar-refractivity contribution in [2.45, 2.75) is 25.9 Å². The molecule has 2 atom stereocenters. The second kappa shape index (κ2) is 4.70. The predicted octanol–water partition coefficient (Wildman–Crippen LogP) is 1.59. The van der Waals surface area contributed by atoms with Gasteiger partial charge in [-0.3, -0.25) is 0 Å². The lowest BCUT2D eigenvalue weighted by molar-refractivity contribution is 0.373. The molecule has 6 heteroatoms. The lowest BCUT2D eigenvalue weighted by Gasteiger charge is -2.24. The SMILES string of the molecule is CCN1C(=S)N(c2ccc(C)cc2)[C@@H]2CS(=O)(=O)C[C@@H]21. The van der Waals surface area contributed by atoms with E-state index in [0.29, 0.717) is 0 Å². The van der Waals surface area contributed by atoms with Crippen molar-refractivity contribution in [1.29, 1.82) is 0 Å². The first-order chi connectivity index (χ1) is 9.43. The Labute approximate surface area is 125 Å². The quantitative estimate of drug-likeness (QED) is 0.776. The fraction of sp³-hybridized carbons (Fsp3) is 0.500. The van der Waals surface area contributed by atoms with Crippen molar-refractivity contribution < 1.29 is 8.42 Å². The zero-order chi connectivity index (χ0) is 14.5. The summed E-state index contributed by atoms with van der Waals surface area (Å²) in [5, 5.41) is 0.751. The molecule has 0 radical (unpaired) electrons. The smallest absolute Gasteiger partial charge is 0.176 e. The van der Waals surface area contributed by atoms with Crippen LogP contribution < -0.4 is 4.90 Å². The highest BCUT2D eigenvalue weighted by Crippen LogP contribution is 2.34. The zero-order valence-corrected chi connectivity index (χ0v) is 13.2. The van der Waals surface area contributed by atoms with E-state index < -0.39 is 9.84 Å². The number of sulfone groups is 1. The number of hydrogen-bond donors (Lipinski definition) is 0. The molecule has 3 rings (SSSR count). The second-order valence-electron chi connectivity index (χ2n) is 5.49. The summed E-state index contributed by atoms with van der Waals surface area (Å²) >= 11 is 5.56.